The van der Waals surface area contributed by atoms with Crippen molar-refractivity contribution in [2.45, 2.75) is 19.8 Å². The van der Waals surface area contributed by atoms with Crippen molar-refractivity contribution in [3.63, 3.8) is 0 Å². The number of carboxylic acids is 1. The van der Waals surface area contributed by atoms with Gasteiger partial charge in [-0.1, -0.05) is 0 Å². The van der Waals surface area contributed by atoms with E-state index in [0.717, 1.165) is 0 Å². The average Bonchev–Trinajstić information content (AvgIpc) is 2.47. The molecule has 6 nitrogen and oxygen atoms in total. The monoisotopic (exact) mass is 278 g/mol. The summed E-state index contributed by atoms with van der Waals surface area (Å²) in [6.07, 6.45) is 2.52. The fraction of sp³-hybridized carbons (Fsp3) is 0.500. The first-order valence-corrected chi connectivity index (χ1v) is 6.73. The predicted molar refractivity (Wildman–Crippen MR) is 71.7 cm³/mol. The van der Waals surface area contributed by atoms with Crippen LogP contribution in [0.3, 0.4) is 0 Å². The Hall–Kier alpha value is -2.11. The molecule has 0 aromatic carbocycles. The first-order chi connectivity index (χ1) is 9.63. The largest absolute Gasteiger partial charge is 0.491 e. The quantitative estimate of drug-likeness (QED) is 0.901. The van der Waals surface area contributed by atoms with Gasteiger partial charge in [-0.05, 0) is 31.9 Å². The summed E-state index contributed by atoms with van der Waals surface area (Å²) in [6, 6.07) is 3.44. The van der Waals surface area contributed by atoms with Gasteiger partial charge in [0.2, 0.25) is 0 Å². The van der Waals surface area contributed by atoms with E-state index in [4.69, 9.17) is 9.84 Å². The van der Waals surface area contributed by atoms with Crippen LogP contribution in [0, 0.1) is 5.92 Å². The highest BCUT2D eigenvalue weighted by Crippen LogP contribution is 2.22. The average molecular weight is 278 g/mol. The molecular weight excluding hydrogens is 260 g/mol. The predicted octanol–water partition coefficient (Wildman–Crippen LogP) is 1.42. The minimum Gasteiger partial charge on any atom is -0.491 e. The molecule has 0 radical (unpaired) electrons. The van der Waals surface area contributed by atoms with Gasteiger partial charge in [-0.2, -0.15) is 0 Å². The molecule has 2 heterocycles. The van der Waals surface area contributed by atoms with Crippen LogP contribution in [0.15, 0.2) is 18.3 Å². The fourth-order valence-corrected chi connectivity index (χ4v) is 2.30. The van der Waals surface area contributed by atoms with Gasteiger partial charge in [-0.25, -0.2) is 4.98 Å². The molecule has 1 saturated heterocycles. The highest BCUT2D eigenvalue weighted by molar-refractivity contribution is 5.95. The number of piperidine rings is 1. The molecule has 1 N–H and O–H groups in total. The van der Waals surface area contributed by atoms with Crippen molar-refractivity contribution in [3.05, 3.63) is 24.0 Å². The van der Waals surface area contributed by atoms with Gasteiger partial charge < -0.3 is 14.7 Å². The van der Waals surface area contributed by atoms with Crippen LogP contribution in [0.5, 0.6) is 5.75 Å². The second-order valence-electron chi connectivity index (χ2n) is 4.69. The van der Waals surface area contributed by atoms with Crippen LogP contribution in [0.4, 0.5) is 0 Å². The topological polar surface area (TPSA) is 79.7 Å². The Balaban J connectivity index is 2.07. The van der Waals surface area contributed by atoms with Crippen molar-refractivity contribution >= 4 is 11.9 Å². The zero-order chi connectivity index (χ0) is 14.5. The Morgan fingerprint density at radius 1 is 1.45 bits per heavy atom. The van der Waals surface area contributed by atoms with Gasteiger partial charge >= 0.3 is 5.97 Å². The number of carboxylic acid groups (broad SMARTS) is 1. The highest BCUT2D eigenvalue weighted by atomic mass is 16.5. The van der Waals surface area contributed by atoms with Gasteiger partial charge in [-0.3, -0.25) is 9.59 Å². The van der Waals surface area contributed by atoms with E-state index in [0.29, 0.717) is 44.0 Å². The maximum absolute atomic E-state index is 12.4. The molecule has 1 aliphatic rings. The number of carbonyl (C=O) groups is 2. The van der Waals surface area contributed by atoms with Crippen LogP contribution >= 0.6 is 0 Å². The first-order valence-electron chi connectivity index (χ1n) is 6.73. The summed E-state index contributed by atoms with van der Waals surface area (Å²) < 4.78 is 5.40. The van der Waals surface area contributed by atoms with Crippen LogP contribution in [0.2, 0.25) is 0 Å². The lowest BCUT2D eigenvalue weighted by molar-refractivity contribution is -0.143. The Kier molecular flexibility index (Phi) is 4.55. The van der Waals surface area contributed by atoms with E-state index in [1.807, 2.05) is 6.92 Å². The molecule has 0 spiro atoms. The molecule has 0 bridgehead atoms. The van der Waals surface area contributed by atoms with Gasteiger partial charge in [0.25, 0.3) is 5.91 Å². The lowest BCUT2D eigenvalue weighted by atomic mass is 9.97. The van der Waals surface area contributed by atoms with E-state index >= 15 is 0 Å². The second kappa shape index (κ2) is 6.36. The summed E-state index contributed by atoms with van der Waals surface area (Å²) >= 11 is 0. The van der Waals surface area contributed by atoms with Crippen molar-refractivity contribution in [1.29, 1.82) is 0 Å². The second-order valence-corrected chi connectivity index (χ2v) is 4.69. The summed E-state index contributed by atoms with van der Waals surface area (Å²) in [7, 11) is 0. The number of rotatable bonds is 4. The molecule has 2 rings (SSSR count). The van der Waals surface area contributed by atoms with Crippen LogP contribution in [-0.2, 0) is 4.79 Å². The zero-order valence-corrected chi connectivity index (χ0v) is 11.4. The molecule has 1 fully saturated rings. The number of carbonyl (C=O) groups excluding carboxylic acids is 1. The molecule has 0 unspecified atom stereocenters. The maximum atomic E-state index is 12.4. The molecule has 1 aliphatic heterocycles. The third-order valence-electron chi connectivity index (χ3n) is 3.40. The smallest absolute Gasteiger partial charge is 0.306 e. The van der Waals surface area contributed by atoms with Gasteiger partial charge in [0.05, 0.1) is 12.5 Å². The van der Waals surface area contributed by atoms with Gasteiger partial charge in [0, 0.05) is 19.3 Å². The third-order valence-corrected chi connectivity index (χ3v) is 3.40. The lowest BCUT2D eigenvalue weighted by Crippen LogP contribution is -2.40. The molecular formula is C14H18N2O4. The lowest BCUT2D eigenvalue weighted by Gasteiger charge is -2.30. The standard InChI is InChI=1S/C14H18N2O4/c1-2-20-11-4-3-7-15-12(11)13(17)16-8-5-10(6-9-16)14(18)19/h3-4,7,10H,2,5-6,8-9H2,1H3,(H,18,19). The first kappa shape index (κ1) is 14.3. The van der Waals surface area contributed by atoms with Gasteiger partial charge in [-0.15, -0.1) is 0 Å². The van der Waals surface area contributed by atoms with E-state index in [2.05, 4.69) is 4.98 Å². The number of likely N-dealkylation sites (tertiary alicyclic amines) is 1. The molecule has 1 aromatic rings. The number of aromatic nitrogens is 1. The highest BCUT2D eigenvalue weighted by Gasteiger charge is 2.29. The minimum absolute atomic E-state index is 0.196. The molecule has 1 amide bonds. The number of nitrogens with zero attached hydrogens (tertiary/aromatic N) is 2. The van der Waals surface area contributed by atoms with Crippen LogP contribution < -0.4 is 4.74 Å². The van der Waals surface area contributed by atoms with Crippen molar-refractivity contribution in [1.82, 2.24) is 9.88 Å². The van der Waals surface area contributed by atoms with Gasteiger partial charge in [0.1, 0.15) is 0 Å². The third kappa shape index (κ3) is 3.07. The van der Waals surface area contributed by atoms with E-state index in [9.17, 15) is 9.59 Å². The van der Waals surface area contributed by atoms with Crippen molar-refractivity contribution < 1.29 is 19.4 Å². The van der Waals surface area contributed by atoms with E-state index in [1.165, 1.54) is 0 Å². The molecule has 0 atom stereocenters. The van der Waals surface area contributed by atoms with Crippen LogP contribution in [0.25, 0.3) is 0 Å². The van der Waals surface area contributed by atoms with Crippen LogP contribution in [0.1, 0.15) is 30.3 Å². The van der Waals surface area contributed by atoms with E-state index in [1.54, 1.807) is 23.2 Å². The summed E-state index contributed by atoms with van der Waals surface area (Å²) in [4.78, 5) is 29.0. The Labute approximate surface area is 117 Å². The zero-order valence-electron chi connectivity index (χ0n) is 11.4. The molecule has 20 heavy (non-hydrogen) atoms. The van der Waals surface area contributed by atoms with Crippen LogP contribution in [-0.4, -0.2) is 46.6 Å². The van der Waals surface area contributed by atoms with Crippen molar-refractivity contribution in [2.24, 2.45) is 5.92 Å². The number of aliphatic carboxylic acids is 1. The number of pyridine rings is 1. The SMILES string of the molecule is CCOc1cccnc1C(=O)N1CCC(C(=O)O)CC1. The molecule has 0 saturated carbocycles. The normalized spacial score (nSPS) is 15.9. The molecule has 108 valence electrons. The number of hydrogen-bond donors (Lipinski definition) is 1. The number of hydrogen-bond acceptors (Lipinski definition) is 4. The van der Waals surface area contributed by atoms with Crippen molar-refractivity contribution in [3.8, 4) is 5.75 Å². The molecule has 1 aromatic heterocycles. The Bertz CT molecular complexity index is 496. The summed E-state index contributed by atoms with van der Waals surface area (Å²) in [6.45, 7) is 3.20. The summed E-state index contributed by atoms with van der Waals surface area (Å²) in [5.41, 5.74) is 0.295. The summed E-state index contributed by atoms with van der Waals surface area (Å²) in [5.74, 6) is -0.864. The Morgan fingerprint density at radius 3 is 2.75 bits per heavy atom. The fourth-order valence-electron chi connectivity index (χ4n) is 2.30. The van der Waals surface area contributed by atoms with E-state index < -0.39 is 5.97 Å². The van der Waals surface area contributed by atoms with Crippen molar-refractivity contribution in [2.75, 3.05) is 19.7 Å². The molecule has 0 aliphatic carbocycles. The number of amides is 1. The Morgan fingerprint density at radius 2 is 2.15 bits per heavy atom. The van der Waals surface area contributed by atoms with Gasteiger partial charge in [0.15, 0.2) is 11.4 Å². The van der Waals surface area contributed by atoms with E-state index in [-0.39, 0.29) is 11.8 Å². The maximum Gasteiger partial charge on any atom is 0.306 e. The summed E-state index contributed by atoms with van der Waals surface area (Å²) in [5, 5.41) is 8.96. The minimum atomic E-state index is -0.787. The molecule has 6 heteroatoms. The number of ether oxygens (including phenoxy) is 1.